The fourth-order valence-electron chi connectivity index (χ4n) is 5.05. The van der Waals surface area contributed by atoms with E-state index in [1.165, 1.54) is 22.3 Å². The van der Waals surface area contributed by atoms with Crippen LogP contribution in [0.25, 0.3) is 0 Å². The average molecular weight is 326 g/mol. The van der Waals surface area contributed by atoms with Crippen LogP contribution < -0.4 is 0 Å². The highest BCUT2D eigenvalue weighted by molar-refractivity contribution is 5.78. The molecule has 3 aromatic carbocycles. The van der Waals surface area contributed by atoms with Crippen LogP contribution in [0.5, 0.6) is 0 Å². The Hall–Kier alpha value is -2.87. The van der Waals surface area contributed by atoms with Gasteiger partial charge in [0, 0.05) is 17.8 Å². The van der Waals surface area contributed by atoms with Gasteiger partial charge in [0.2, 0.25) is 0 Å². The van der Waals surface area contributed by atoms with Crippen molar-refractivity contribution in [3.8, 4) is 0 Å². The highest BCUT2D eigenvalue weighted by Crippen LogP contribution is 2.61. The monoisotopic (exact) mass is 326 g/mol. The number of aliphatic carboxylic acids is 1. The van der Waals surface area contributed by atoms with Crippen molar-refractivity contribution in [2.45, 2.75) is 17.8 Å². The van der Waals surface area contributed by atoms with Crippen LogP contribution in [0, 0.1) is 5.92 Å². The summed E-state index contributed by atoms with van der Waals surface area (Å²) in [5.74, 6) is -1.15. The number of hydrogen-bond donors (Lipinski definition) is 1. The Bertz CT molecular complexity index is 913. The molecule has 2 bridgehead atoms. The van der Waals surface area contributed by atoms with Gasteiger partial charge >= 0.3 is 5.97 Å². The van der Waals surface area contributed by atoms with Gasteiger partial charge in [0.1, 0.15) is 0 Å². The quantitative estimate of drug-likeness (QED) is 0.737. The van der Waals surface area contributed by atoms with E-state index in [-0.39, 0.29) is 17.8 Å². The molecule has 0 spiro atoms. The summed E-state index contributed by atoms with van der Waals surface area (Å²) >= 11 is 0. The molecule has 0 aliphatic heterocycles. The lowest BCUT2D eigenvalue weighted by atomic mass is 9.53. The summed E-state index contributed by atoms with van der Waals surface area (Å²) in [5.41, 5.74) is 6.07. The van der Waals surface area contributed by atoms with Gasteiger partial charge in [0.25, 0.3) is 0 Å². The predicted octanol–water partition coefficient (Wildman–Crippen LogP) is 4.76. The summed E-state index contributed by atoms with van der Waals surface area (Å²) in [6, 6.07) is 26.9. The highest BCUT2D eigenvalue weighted by Gasteiger charge is 2.52. The lowest BCUT2D eigenvalue weighted by molar-refractivity contribution is -0.143. The molecular formula is C23H18O2. The SMILES string of the molecule is O=C(O)C1C2c3ccccc3C(c3ccccc32)C1c1ccccc1. The Balaban J connectivity index is 1.83. The van der Waals surface area contributed by atoms with Crippen LogP contribution in [0.3, 0.4) is 0 Å². The molecule has 25 heavy (non-hydrogen) atoms. The van der Waals surface area contributed by atoms with Crippen molar-refractivity contribution >= 4 is 5.97 Å². The Morgan fingerprint density at radius 3 is 1.56 bits per heavy atom. The van der Waals surface area contributed by atoms with Crippen LogP contribution in [-0.2, 0) is 4.79 Å². The molecule has 2 atom stereocenters. The Kier molecular flexibility index (Phi) is 3.08. The van der Waals surface area contributed by atoms with Gasteiger partial charge in [-0.2, -0.15) is 0 Å². The molecule has 0 saturated carbocycles. The smallest absolute Gasteiger partial charge is 0.308 e. The van der Waals surface area contributed by atoms with Crippen molar-refractivity contribution in [2.24, 2.45) is 5.92 Å². The maximum absolute atomic E-state index is 12.3. The molecule has 2 nitrogen and oxygen atoms in total. The van der Waals surface area contributed by atoms with Crippen molar-refractivity contribution in [3.05, 3.63) is 107 Å². The standard InChI is InChI=1S/C23H18O2/c24-23(25)22-19(14-8-2-1-3-9-14)20-15-10-4-6-12-17(15)21(22)18-13-7-5-11-16(18)20/h1-13,19-22H,(H,24,25). The molecule has 3 aliphatic carbocycles. The second-order valence-electron chi connectivity index (χ2n) is 7.01. The number of hydrogen-bond acceptors (Lipinski definition) is 1. The molecule has 0 aromatic heterocycles. The topological polar surface area (TPSA) is 37.3 Å². The molecule has 0 heterocycles. The van der Waals surface area contributed by atoms with E-state index in [0.717, 1.165) is 5.56 Å². The molecule has 0 fully saturated rings. The minimum absolute atomic E-state index is 0.0338. The molecule has 0 radical (unpaired) electrons. The Morgan fingerprint density at radius 2 is 1.08 bits per heavy atom. The summed E-state index contributed by atoms with van der Waals surface area (Å²) in [5, 5.41) is 10.1. The summed E-state index contributed by atoms with van der Waals surface area (Å²) in [7, 11) is 0. The van der Waals surface area contributed by atoms with Gasteiger partial charge in [-0.3, -0.25) is 4.79 Å². The van der Waals surface area contributed by atoms with E-state index in [4.69, 9.17) is 0 Å². The van der Waals surface area contributed by atoms with Crippen molar-refractivity contribution < 1.29 is 9.90 Å². The first-order chi connectivity index (χ1) is 12.3. The third-order valence-electron chi connectivity index (χ3n) is 5.91. The number of carboxylic acids is 1. The largest absolute Gasteiger partial charge is 0.481 e. The first-order valence-corrected chi connectivity index (χ1v) is 8.73. The normalized spacial score (nSPS) is 25.9. The molecule has 0 amide bonds. The maximum Gasteiger partial charge on any atom is 0.308 e. The third-order valence-corrected chi connectivity index (χ3v) is 5.91. The number of fused-ring (bicyclic) bond motifs is 1. The predicted molar refractivity (Wildman–Crippen MR) is 96.9 cm³/mol. The number of carbonyl (C=O) groups is 1. The molecule has 2 heteroatoms. The first kappa shape index (κ1) is 14.5. The van der Waals surface area contributed by atoms with Crippen LogP contribution in [0.15, 0.2) is 78.9 Å². The number of rotatable bonds is 2. The van der Waals surface area contributed by atoms with Crippen molar-refractivity contribution in [1.82, 2.24) is 0 Å². The van der Waals surface area contributed by atoms with Crippen LogP contribution in [-0.4, -0.2) is 11.1 Å². The minimum Gasteiger partial charge on any atom is -0.481 e. The molecule has 3 aliphatic rings. The van der Waals surface area contributed by atoms with Crippen LogP contribution in [0.1, 0.15) is 45.6 Å². The second kappa shape index (κ2) is 5.32. The van der Waals surface area contributed by atoms with Crippen molar-refractivity contribution in [2.75, 3.05) is 0 Å². The third kappa shape index (κ3) is 1.94. The molecule has 122 valence electrons. The fraction of sp³-hybridized carbons (Fsp3) is 0.174. The average Bonchev–Trinajstić information content (AvgIpc) is 2.68. The second-order valence-corrected chi connectivity index (χ2v) is 7.01. The molecule has 6 rings (SSSR count). The number of benzene rings is 3. The van der Waals surface area contributed by atoms with Gasteiger partial charge in [-0.25, -0.2) is 0 Å². The zero-order chi connectivity index (χ0) is 17.0. The molecule has 1 N–H and O–H groups in total. The van der Waals surface area contributed by atoms with Crippen molar-refractivity contribution in [3.63, 3.8) is 0 Å². The molecular weight excluding hydrogens is 308 g/mol. The summed E-state index contributed by atoms with van der Waals surface area (Å²) in [6.07, 6.45) is 0. The van der Waals surface area contributed by atoms with E-state index in [9.17, 15) is 9.90 Å². The fourth-order valence-corrected chi connectivity index (χ4v) is 5.05. The Labute approximate surface area is 146 Å². The summed E-state index contributed by atoms with van der Waals surface area (Å²) in [4.78, 5) is 12.3. The van der Waals surface area contributed by atoms with E-state index < -0.39 is 11.9 Å². The van der Waals surface area contributed by atoms with E-state index in [2.05, 4.69) is 48.5 Å². The minimum atomic E-state index is -0.701. The zero-order valence-electron chi connectivity index (χ0n) is 13.7. The first-order valence-electron chi connectivity index (χ1n) is 8.73. The van der Waals surface area contributed by atoms with Gasteiger partial charge in [-0.15, -0.1) is 0 Å². The molecule has 3 aromatic rings. The van der Waals surface area contributed by atoms with E-state index >= 15 is 0 Å². The van der Waals surface area contributed by atoms with E-state index in [0.29, 0.717) is 0 Å². The lowest BCUT2D eigenvalue weighted by Gasteiger charge is -2.49. The molecule has 2 unspecified atom stereocenters. The van der Waals surface area contributed by atoms with E-state index in [1.807, 2.05) is 30.3 Å². The van der Waals surface area contributed by atoms with Crippen LogP contribution >= 0.6 is 0 Å². The Morgan fingerprint density at radius 1 is 0.640 bits per heavy atom. The van der Waals surface area contributed by atoms with Crippen LogP contribution in [0.2, 0.25) is 0 Å². The van der Waals surface area contributed by atoms with Gasteiger partial charge in [-0.1, -0.05) is 78.9 Å². The van der Waals surface area contributed by atoms with Gasteiger partial charge < -0.3 is 5.11 Å². The van der Waals surface area contributed by atoms with Gasteiger partial charge in [0.05, 0.1) is 5.92 Å². The summed E-state index contributed by atoms with van der Waals surface area (Å²) in [6.45, 7) is 0. The van der Waals surface area contributed by atoms with Crippen molar-refractivity contribution in [1.29, 1.82) is 0 Å². The van der Waals surface area contributed by atoms with Gasteiger partial charge in [-0.05, 0) is 27.8 Å². The zero-order valence-corrected chi connectivity index (χ0v) is 13.7. The van der Waals surface area contributed by atoms with Gasteiger partial charge in [0.15, 0.2) is 0 Å². The number of carboxylic acid groups (broad SMARTS) is 1. The lowest BCUT2D eigenvalue weighted by Crippen LogP contribution is -2.42. The molecule has 0 saturated heterocycles. The van der Waals surface area contributed by atoms with E-state index in [1.54, 1.807) is 0 Å². The summed E-state index contributed by atoms with van der Waals surface area (Å²) < 4.78 is 0. The van der Waals surface area contributed by atoms with Crippen LogP contribution in [0.4, 0.5) is 0 Å². The maximum atomic E-state index is 12.3. The highest BCUT2D eigenvalue weighted by atomic mass is 16.4.